The van der Waals surface area contributed by atoms with Gasteiger partial charge >= 0.3 is 11.9 Å². The normalized spacial score (nSPS) is 10.2. The topological polar surface area (TPSA) is 134 Å². The fourth-order valence-electron chi connectivity index (χ4n) is 3.35. The zero-order chi connectivity index (χ0) is 36.3. The molecule has 0 fully saturated rings. The summed E-state index contributed by atoms with van der Waals surface area (Å²) in [5, 5.41) is 15.6. The van der Waals surface area contributed by atoms with Crippen LogP contribution in [0.2, 0.25) is 0 Å². The molecule has 0 aliphatic rings. The van der Waals surface area contributed by atoms with Crippen LogP contribution < -0.4 is 0 Å². The number of aromatic nitrogens is 6. The number of ketones is 1. The lowest BCUT2D eigenvalue weighted by Crippen LogP contribution is -2.24. The molecule has 15 heteroatoms. The van der Waals surface area contributed by atoms with Crippen LogP contribution in [0.15, 0.2) is 113 Å². The first-order valence-corrected chi connectivity index (χ1v) is 18.8. The minimum Gasteiger partial charge on any atom is -0.465 e. The molecule has 0 aliphatic heterocycles. The van der Waals surface area contributed by atoms with Crippen LogP contribution in [0.5, 0.6) is 0 Å². The SMILES string of the molecule is BrCc1ccc(Br)cc1.CC(=O)CBr.CCOC(=O)C(Cc1ccc(Br)cc1)n1cccn1.CCOC(=O)Cn1cccn1.c1cn[nH]c1. The van der Waals surface area contributed by atoms with E-state index in [0.29, 0.717) is 25.0 Å². The standard InChI is InChI=1S/C14H15BrN2O2.C7H6Br2.C7H10N2O2.C3H5BrO.C3H4N2/c1-2-19-14(18)13(17-9-3-8-16-17)10-11-4-6-12(15)7-5-11;8-5-6-1-3-7(9)4-2-6;1-2-11-7(10)6-9-5-3-4-8-9;1-3(5)2-4;1-2-4-5-3-1/h3-9,13H,2,10H2,1H3;1-4H,5H2;3-5H,2,6H2,1H3;2H2,1H3;1-3H,(H,4,5). The van der Waals surface area contributed by atoms with Crippen molar-refractivity contribution in [2.24, 2.45) is 0 Å². The van der Waals surface area contributed by atoms with Crippen LogP contribution in [0.3, 0.4) is 0 Å². The van der Waals surface area contributed by atoms with Crippen LogP contribution in [0.25, 0.3) is 0 Å². The Morgan fingerprint density at radius 3 is 1.78 bits per heavy atom. The molecule has 1 N–H and O–H groups in total. The Morgan fingerprint density at radius 1 is 0.796 bits per heavy atom. The summed E-state index contributed by atoms with van der Waals surface area (Å²) in [4.78, 5) is 32.6. The highest BCUT2D eigenvalue weighted by molar-refractivity contribution is 9.11. The molecule has 3 heterocycles. The lowest BCUT2D eigenvalue weighted by molar-refractivity contribution is -0.147. The van der Waals surface area contributed by atoms with Crippen LogP contribution in [0, 0.1) is 0 Å². The second-order valence-corrected chi connectivity index (χ2v) is 12.4. The number of nitrogens with zero attached hydrogens (tertiary/aromatic N) is 5. The van der Waals surface area contributed by atoms with Gasteiger partial charge in [-0.05, 0) is 74.4 Å². The number of alkyl halides is 2. The third kappa shape index (κ3) is 21.3. The van der Waals surface area contributed by atoms with E-state index in [-0.39, 0.29) is 24.3 Å². The van der Waals surface area contributed by atoms with E-state index in [1.807, 2.05) is 42.5 Å². The second kappa shape index (κ2) is 27.4. The summed E-state index contributed by atoms with van der Waals surface area (Å²) in [5.41, 5.74) is 2.37. The Kier molecular flexibility index (Phi) is 24.4. The minimum atomic E-state index is -0.420. The molecule has 11 nitrogen and oxygen atoms in total. The Balaban J connectivity index is 0.000000339. The smallest absolute Gasteiger partial charge is 0.331 e. The summed E-state index contributed by atoms with van der Waals surface area (Å²) >= 11 is 13.1. The van der Waals surface area contributed by atoms with Crippen molar-refractivity contribution < 1.29 is 23.9 Å². The van der Waals surface area contributed by atoms with E-state index in [9.17, 15) is 14.4 Å². The lowest BCUT2D eigenvalue weighted by atomic mass is 10.1. The van der Waals surface area contributed by atoms with Crippen molar-refractivity contribution in [3.63, 3.8) is 0 Å². The van der Waals surface area contributed by atoms with Gasteiger partial charge in [-0.3, -0.25) is 24.1 Å². The van der Waals surface area contributed by atoms with Gasteiger partial charge in [0.25, 0.3) is 0 Å². The van der Waals surface area contributed by atoms with Crippen LogP contribution in [0.4, 0.5) is 0 Å². The van der Waals surface area contributed by atoms with Gasteiger partial charge < -0.3 is 9.47 Å². The molecule has 1 atom stereocenters. The molecular formula is C34H40Br4N6O5. The first kappa shape index (κ1) is 43.6. The van der Waals surface area contributed by atoms with Crippen LogP contribution in [0.1, 0.15) is 37.9 Å². The number of Topliss-reactive ketones (excluding diaryl/α,β-unsaturated/α-hetero) is 1. The van der Waals surface area contributed by atoms with Crippen LogP contribution in [-0.4, -0.2) is 66.0 Å². The van der Waals surface area contributed by atoms with Crippen molar-refractivity contribution >= 4 is 81.4 Å². The number of rotatable bonds is 10. The van der Waals surface area contributed by atoms with Crippen molar-refractivity contribution in [2.75, 3.05) is 18.5 Å². The van der Waals surface area contributed by atoms with Gasteiger partial charge in [0.05, 0.1) is 18.5 Å². The summed E-state index contributed by atoms with van der Waals surface area (Å²) in [5.74, 6) is -0.338. The molecule has 0 bridgehead atoms. The lowest BCUT2D eigenvalue weighted by Gasteiger charge is -2.16. The van der Waals surface area contributed by atoms with Crippen molar-refractivity contribution in [3.05, 3.63) is 124 Å². The van der Waals surface area contributed by atoms with Gasteiger partial charge in [0.15, 0.2) is 6.04 Å². The molecule has 0 radical (unpaired) electrons. The summed E-state index contributed by atoms with van der Waals surface area (Å²) in [7, 11) is 0. The van der Waals surface area contributed by atoms with E-state index >= 15 is 0 Å². The molecule has 49 heavy (non-hydrogen) atoms. The molecule has 0 saturated heterocycles. The first-order valence-electron chi connectivity index (χ1n) is 15.0. The third-order valence-electron chi connectivity index (χ3n) is 5.56. The van der Waals surface area contributed by atoms with Crippen LogP contribution >= 0.6 is 63.7 Å². The number of hydrogen-bond donors (Lipinski definition) is 1. The largest absolute Gasteiger partial charge is 0.465 e. The molecule has 5 rings (SSSR count). The summed E-state index contributed by atoms with van der Waals surface area (Å²) in [6.07, 6.45) is 10.8. The average molecular weight is 932 g/mol. The van der Waals surface area contributed by atoms with Crippen molar-refractivity contribution in [1.82, 2.24) is 29.8 Å². The number of hydrogen-bond acceptors (Lipinski definition) is 8. The number of aromatic amines is 1. The molecule has 5 aromatic rings. The van der Waals surface area contributed by atoms with E-state index in [1.54, 1.807) is 67.8 Å². The minimum absolute atomic E-state index is 0.171. The van der Waals surface area contributed by atoms with Gasteiger partial charge in [0.1, 0.15) is 12.3 Å². The Labute approximate surface area is 320 Å². The van der Waals surface area contributed by atoms with Gasteiger partial charge in [0.2, 0.25) is 0 Å². The third-order valence-corrected chi connectivity index (χ3v) is 8.06. The molecule has 3 aromatic heterocycles. The number of carbonyl (C=O) groups excluding carboxylic acids is 3. The quantitative estimate of drug-likeness (QED) is 0.110. The number of ether oxygens (including phenoxy) is 2. The molecule has 0 amide bonds. The number of nitrogens with one attached hydrogen (secondary N) is 1. The van der Waals surface area contributed by atoms with Gasteiger partial charge in [0, 0.05) is 57.9 Å². The zero-order valence-corrected chi connectivity index (χ0v) is 33.8. The number of esters is 2. The first-order chi connectivity index (χ1) is 23.6. The number of H-pyrrole nitrogens is 1. The highest BCUT2D eigenvalue weighted by Crippen LogP contribution is 2.18. The second-order valence-electron chi connectivity index (χ2n) is 9.46. The van der Waals surface area contributed by atoms with Gasteiger partial charge in [-0.1, -0.05) is 88.0 Å². The Morgan fingerprint density at radius 2 is 1.37 bits per heavy atom. The average Bonchev–Trinajstić information content (AvgIpc) is 3.92. The summed E-state index contributed by atoms with van der Waals surface area (Å²) in [6, 6.07) is 21.1. The maximum atomic E-state index is 12.0. The maximum Gasteiger partial charge on any atom is 0.331 e. The Bertz CT molecular complexity index is 1520. The molecule has 1 unspecified atom stereocenters. The molecule has 0 spiro atoms. The van der Waals surface area contributed by atoms with E-state index in [4.69, 9.17) is 9.47 Å². The number of carbonyl (C=O) groups is 3. The van der Waals surface area contributed by atoms with Gasteiger partial charge in [-0.15, -0.1) is 0 Å². The summed E-state index contributed by atoms with van der Waals surface area (Å²) in [6.45, 7) is 6.10. The highest BCUT2D eigenvalue weighted by atomic mass is 79.9. The fraction of sp³-hybridized carbons (Fsp3) is 0.294. The number of halogens is 4. The zero-order valence-electron chi connectivity index (χ0n) is 27.4. The van der Waals surface area contributed by atoms with Crippen LogP contribution in [-0.2, 0) is 42.2 Å². The maximum absolute atomic E-state index is 12.0. The van der Waals surface area contributed by atoms with E-state index in [0.717, 1.165) is 19.8 Å². The monoisotopic (exact) mass is 928 g/mol. The molecular weight excluding hydrogens is 892 g/mol. The predicted molar refractivity (Wildman–Crippen MR) is 204 cm³/mol. The van der Waals surface area contributed by atoms with E-state index < -0.39 is 6.04 Å². The van der Waals surface area contributed by atoms with E-state index in [2.05, 4.69) is 96.2 Å². The fourth-order valence-corrected chi connectivity index (χ4v) is 4.26. The van der Waals surface area contributed by atoms with E-state index in [1.165, 1.54) is 17.2 Å². The molecule has 2 aromatic carbocycles. The molecule has 0 saturated carbocycles. The van der Waals surface area contributed by atoms with Crippen molar-refractivity contribution in [1.29, 1.82) is 0 Å². The number of benzene rings is 2. The molecule has 0 aliphatic carbocycles. The van der Waals surface area contributed by atoms with Gasteiger partial charge in [-0.25, -0.2) is 4.79 Å². The summed E-state index contributed by atoms with van der Waals surface area (Å²) < 4.78 is 15.1. The predicted octanol–water partition coefficient (Wildman–Crippen LogP) is 8.16. The van der Waals surface area contributed by atoms with Crippen molar-refractivity contribution in [2.45, 2.75) is 45.1 Å². The molecule has 264 valence electrons. The Hall–Kier alpha value is -3.40. The van der Waals surface area contributed by atoms with Crippen molar-refractivity contribution in [3.8, 4) is 0 Å². The van der Waals surface area contributed by atoms with Gasteiger partial charge in [-0.2, -0.15) is 15.3 Å². The highest BCUT2D eigenvalue weighted by Gasteiger charge is 2.22.